The minimum absolute atomic E-state index is 0.0748. The predicted molar refractivity (Wildman–Crippen MR) is 71.4 cm³/mol. The van der Waals surface area contributed by atoms with E-state index in [1.165, 1.54) is 29.9 Å². The minimum atomic E-state index is -0.826. The number of rotatable bonds is 4. The molecule has 5 nitrogen and oxygen atoms in total. The van der Waals surface area contributed by atoms with Crippen molar-refractivity contribution < 1.29 is 13.6 Å². The number of amides is 1. The lowest BCUT2D eigenvalue weighted by atomic mass is 10.1. The van der Waals surface area contributed by atoms with Crippen LogP contribution in [0, 0.1) is 11.6 Å². The number of halogens is 2. The first-order chi connectivity index (χ1) is 9.51. The van der Waals surface area contributed by atoms with E-state index in [4.69, 9.17) is 0 Å². The third kappa shape index (κ3) is 3.02. The first kappa shape index (κ1) is 14.2. The Hall–Kier alpha value is -2.22. The number of nitrogens with one attached hydrogen (secondary N) is 1. The van der Waals surface area contributed by atoms with Crippen LogP contribution in [0.15, 0.2) is 28.8 Å². The molecule has 0 radical (unpaired) electrons. The highest BCUT2D eigenvalue weighted by Gasteiger charge is 2.15. The quantitative estimate of drug-likeness (QED) is 0.943. The highest BCUT2D eigenvalue weighted by molar-refractivity contribution is 7.47. The van der Waals surface area contributed by atoms with E-state index in [1.807, 2.05) is 0 Å². The highest BCUT2D eigenvalue weighted by Crippen LogP contribution is 2.22. The van der Waals surface area contributed by atoms with Gasteiger partial charge in [0, 0.05) is 37.2 Å². The van der Waals surface area contributed by atoms with Crippen LogP contribution in [0.1, 0.15) is 12.5 Å². The molecule has 0 aliphatic carbocycles. The molecule has 8 heteroatoms. The predicted octanol–water partition coefficient (Wildman–Crippen LogP) is 2.53. The topological polar surface area (TPSA) is 59.3 Å². The smallest absolute Gasteiger partial charge is 0.221 e. The SMILES string of the molecule is CC(=O)Nc1ccc(F)c(Cn2ccc(N=S)n2)c1F. The molecule has 1 N–H and O–H groups in total. The van der Waals surface area contributed by atoms with E-state index in [2.05, 4.69) is 27.2 Å². The lowest BCUT2D eigenvalue weighted by Crippen LogP contribution is -2.11. The third-order valence-corrected chi connectivity index (χ3v) is 2.72. The third-order valence-electron chi connectivity index (χ3n) is 2.54. The number of hydrogen-bond donors (Lipinski definition) is 1. The van der Waals surface area contributed by atoms with Gasteiger partial charge < -0.3 is 5.32 Å². The maximum atomic E-state index is 14.1. The van der Waals surface area contributed by atoms with Crippen LogP contribution in [0.5, 0.6) is 0 Å². The lowest BCUT2D eigenvalue weighted by molar-refractivity contribution is -0.114. The molecule has 1 aromatic heterocycles. The second-order valence-corrected chi connectivity index (χ2v) is 4.21. The first-order valence-electron chi connectivity index (χ1n) is 5.62. The van der Waals surface area contributed by atoms with Crippen molar-refractivity contribution >= 4 is 29.8 Å². The molecule has 0 aliphatic heterocycles. The summed E-state index contributed by atoms with van der Waals surface area (Å²) in [7, 11) is 0. The van der Waals surface area contributed by atoms with Gasteiger partial charge in [0.05, 0.1) is 12.2 Å². The van der Waals surface area contributed by atoms with Gasteiger partial charge in [0.15, 0.2) is 11.6 Å². The summed E-state index contributed by atoms with van der Waals surface area (Å²) in [5.41, 5.74) is -0.274. The van der Waals surface area contributed by atoms with E-state index in [1.54, 1.807) is 0 Å². The normalized spacial score (nSPS) is 10.3. The Morgan fingerprint density at radius 3 is 2.80 bits per heavy atom. The summed E-state index contributed by atoms with van der Waals surface area (Å²) in [4.78, 5) is 10.9. The first-order valence-corrected chi connectivity index (χ1v) is 5.99. The second-order valence-electron chi connectivity index (χ2n) is 4.03. The van der Waals surface area contributed by atoms with Crippen molar-refractivity contribution in [1.29, 1.82) is 0 Å². The summed E-state index contributed by atoms with van der Waals surface area (Å²) in [5, 5.41) is 6.22. The molecule has 2 rings (SSSR count). The van der Waals surface area contributed by atoms with Crippen molar-refractivity contribution in [2.75, 3.05) is 5.32 Å². The molecule has 1 aromatic carbocycles. The van der Waals surface area contributed by atoms with Crippen molar-refractivity contribution in [2.24, 2.45) is 4.36 Å². The Balaban J connectivity index is 2.34. The average Bonchev–Trinajstić information content (AvgIpc) is 2.85. The van der Waals surface area contributed by atoms with E-state index in [0.29, 0.717) is 5.82 Å². The highest BCUT2D eigenvalue weighted by atomic mass is 32.1. The molecule has 0 unspecified atom stereocenters. The second kappa shape index (κ2) is 5.83. The van der Waals surface area contributed by atoms with Gasteiger partial charge in [0.1, 0.15) is 5.82 Å². The summed E-state index contributed by atoms with van der Waals surface area (Å²) in [6.45, 7) is 1.11. The fraction of sp³-hybridized carbons (Fsp3) is 0.167. The number of benzene rings is 1. The molecule has 1 heterocycles. The Morgan fingerprint density at radius 2 is 2.20 bits per heavy atom. The summed E-state index contributed by atoms with van der Waals surface area (Å²) in [5.74, 6) is -1.69. The Bertz CT molecular complexity index is 671. The summed E-state index contributed by atoms with van der Waals surface area (Å²) < 4.78 is 32.6. The maximum Gasteiger partial charge on any atom is 0.221 e. The zero-order chi connectivity index (χ0) is 14.7. The summed E-state index contributed by atoms with van der Waals surface area (Å²) in [6, 6.07) is 3.79. The number of carbonyl (C=O) groups is 1. The molecule has 0 atom stereocenters. The van der Waals surface area contributed by atoms with Gasteiger partial charge in [-0.15, -0.1) is 0 Å². The maximum absolute atomic E-state index is 14.1. The lowest BCUT2D eigenvalue weighted by Gasteiger charge is -2.10. The molecule has 2 aromatic rings. The number of hydrogen-bond acceptors (Lipinski definition) is 4. The Kier molecular flexibility index (Phi) is 4.14. The van der Waals surface area contributed by atoms with Gasteiger partial charge in [-0.05, 0) is 12.1 Å². The fourth-order valence-electron chi connectivity index (χ4n) is 1.68. The van der Waals surface area contributed by atoms with Gasteiger partial charge in [0.25, 0.3) is 0 Å². The molecule has 20 heavy (non-hydrogen) atoms. The Morgan fingerprint density at radius 1 is 1.45 bits per heavy atom. The van der Waals surface area contributed by atoms with Crippen LogP contribution in [0.4, 0.5) is 20.3 Å². The standard InChI is InChI=1S/C12H10F2N4OS/c1-7(19)15-10-3-2-9(13)8(12(10)14)6-18-5-4-11(16-18)17-20/h2-5H,6H2,1H3,(H,15,19). The molecular formula is C12H10F2N4OS. The molecule has 1 amide bonds. The van der Waals surface area contributed by atoms with Crippen molar-refractivity contribution in [3.8, 4) is 0 Å². The molecule has 0 aliphatic rings. The number of carbonyl (C=O) groups excluding carboxylic acids is 1. The van der Waals surface area contributed by atoms with Crippen molar-refractivity contribution in [3.05, 3.63) is 41.6 Å². The largest absolute Gasteiger partial charge is 0.324 e. The van der Waals surface area contributed by atoms with Crippen molar-refractivity contribution in [1.82, 2.24) is 9.78 Å². The van der Waals surface area contributed by atoms with Crippen LogP contribution in [0.25, 0.3) is 0 Å². The zero-order valence-corrected chi connectivity index (χ0v) is 11.2. The van der Waals surface area contributed by atoms with Crippen LogP contribution in [-0.4, -0.2) is 15.7 Å². The minimum Gasteiger partial charge on any atom is -0.324 e. The molecule has 0 fully saturated rings. The van der Waals surface area contributed by atoms with E-state index in [0.717, 1.165) is 6.07 Å². The fourth-order valence-corrected chi connectivity index (χ4v) is 1.78. The van der Waals surface area contributed by atoms with Gasteiger partial charge in [-0.3, -0.25) is 9.48 Å². The number of nitrogens with zero attached hydrogens (tertiary/aromatic N) is 3. The van der Waals surface area contributed by atoms with Crippen LogP contribution in [0.2, 0.25) is 0 Å². The van der Waals surface area contributed by atoms with Crippen LogP contribution in [-0.2, 0) is 23.8 Å². The summed E-state index contributed by atoms with van der Waals surface area (Å²) >= 11 is 4.47. The molecule has 0 saturated heterocycles. The van der Waals surface area contributed by atoms with Gasteiger partial charge in [0.2, 0.25) is 5.91 Å². The summed E-state index contributed by atoms with van der Waals surface area (Å²) in [6.07, 6.45) is 1.51. The molecule has 0 spiro atoms. The van der Waals surface area contributed by atoms with Crippen LogP contribution < -0.4 is 5.32 Å². The molecule has 104 valence electrons. The zero-order valence-electron chi connectivity index (χ0n) is 10.4. The number of anilines is 1. The van der Waals surface area contributed by atoms with Crippen molar-refractivity contribution in [3.63, 3.8) is 0 Å². The molecular weight excluding hydrogens is 286 g/mol. The Labute approximate surface area is 118 Å². The van der Waals surface area contributed by atoms with Crippen LogP contribution in [0.3, 0.4) is 0 Å². The van der Waals surface area contributed by atoms with E-state index in [9.17, 15) is 13.6 Å². The van der Waals surface area contributed by atoms with E-state index >= 15 is 0 Å². The van der Waals surface area contributed by atoms with Gasteiger partial charge in [-0.1, -0.05) is 0 Å². The molecule has 0 bridgehead atoms. The molecule has 0 saturated carbocycles. The van der Waals surface area contributed by atoms with E-state index in [-0.39, 0.29) is 17.8 Å². The van der Waals surface area contributed by atoms with Gasteiger partial charge in [-0.2, -0.15) is 9.46 Å². The monoisotopic (exact) mass is 296 g/mol. The van der Waals surface area contributed by atoms with E-state index < -0.39 is 17.5 Å². The van der Waals surface area contributed by atoms with Crippen molar-refractivity contribution in [2.45, 2.75) is 13.5 Å². The van der Waals surface area contributed by atoms with Gasteiger partial charge in [-0.25, -0.2) is 8.78 Å². The average molecular weight is 296 g/mol. The van der Waals surface area contributed by atoms with Gasteiger partial charge >= 0.3 is 0 Å². The number of aromatic nitrogens is 2. The van der Waals surface area contributed by atoms with Crippen LogP contribution >= 0.6 is 0 Å².